The van der Waals surface area contributed by atoms with E-state index in [2.05, 4.69) is 15.0 Å². The number of nitrogens with one attached hydrogen (secondary N) is 1. The maximum atomic E-state index is 16.1. The topological polar surface area (TPSA) is 139 Å². The number of carbonyl (C=O) groups is 1. The van der Waals surface area contributed by atoms with Crippen molar-refractivity contribution in [3.05, 3.63) is 71.9 Å². The van der Waals surface area contributed by atoms with Crippen LogP contribution in [0.1, 0.15) is 12.2 Å². The molecule has 1 amide bonds. The van der Waals surface area contributed by atoms with Crippen molar-refractivity contribution < 1.29 is 34.8 Å². The molecule has 0 atom stereocenters. The molecule has 1 aliphatic rings. The lowest BCUT2D eigenvalue weighted by Gasteiger charge is -2.26. The third-order valence-electron chi connectivity index (χ3n) is 7.07. The number of aryl methyl sites for hydroxylation is 1. The number of quaternary nitrogens is 1. The molecule has 1 saturated heterocycles. The largest absolute Gasteiger partial charge is 0.341 e. The molecule has 2 aromatic carbocycles. The molecule has 5 rings (SSSR count). The molecule has 1 fully saturated rings. The van der Waals surface area contributed by atoms with Crippen LogP contribution in [-0.2, 0) is 31.1 Å². The molecule has 244 valence electrons. The molecule has 3 heterocycles. The molecule has 0 spiro atoms. The Labute approximate surface area is 268 Å². The fourth-order valence-electron chi connectivity index (χ4n) is 4.61. The summed E-state index contributed by atoms with van der Waals surface area (Å²) in [6, 6.07) is 7.50. The molecule has 0 radical (unpaired) electrons. The van der Waals surface area contributed by atoms with Crippen molar-refractivity contribution in [2.24, 2.45) is 0 Å². The lowest BCUT2D eigenvalue weighted by Crippen LogP contribution is -2.43. The molecular weight excluding hydrogens is 666 g/mol. The number of sulfonamides is 1. The second kappa shape index (κ2) is 12.7. The minimum absolute atomic E-state index is 0.0614. The third-order valence-corrected chi connectivity index (χ3v) is 11.5. The van der Waals surface area contributed by atoms with Crippen LogP contribution in [0.4, 0.5) is 24.0 Å². The second-order valence-electron chi connectivity index (χ2n) is 11.4. The van der Waals surface area contributed by atoms with Gasteiger partial charge in [0.05, 0.1) is 48.9 Å². The minimum atomic E-state index is -4.71. The SMILES string of the molecule is C[N+](C)(C)c1nc(-c2cccc(NS(=O)(=O)c3cc(F)ccc3F)c2F)c(-c2ccnc(CCC(=O)N3CCS(=O)(=O)CC3)n2)s1. The number of thiazole rings is 1. The predicted octanol–water partition coefficient (Wildman–Crippen LogP) is 3.87. The van der Waals surface area contributed by atoms with E-state index in [9.17, 15) is 30.4 Å². The van der Waals surface area contributed by atoms with Crippen LogP contribution in [-0.4, -0.2) is 88.3 Å². The molecule has 4 aromatic rings. The van der Waals surface area contributed by atoms with E-state index in [-0.39, 0.29) is 59.1 Å². The smallest absolute Gasteiger partial charge is 0.286 e. The molecule has 0 aliphatic carbocycles. The number of hydrogen-bond acceptors (Lipinski definition) is 9. The molecule has 0 bridgehead atoms. The summed E-state index contributed by atoms with van der Waals surface area (Å²) >= 11 is 1.24. The van der Waals surface area contributed by atoms with Crippen LogP contribution < -0.4 is 9.21 Å². The van der Waals surface area contributed by atoms with Crippen molar-refractivity contribution in [3.8, 4) is 21.8 Å². The van der Waals surface area contributed by atoms with Crippen LogP contribution in [0.2, 0.25) is 0 Å². The highest BCUT2D eigenvalue weighted by Crippen LogP contribution is 2.42. The molecule has 46 heavy (non-hydrogen) atoms. The first-order chi connectivity index (χ1) is 21.5. The summed E-state index contributed by atoms with van der Waals surface area (Å²) in [6.45, 7) is 0.274. The number of aromatic nitrogens is 3. The molecule has 17 heteroatoms. The van der Waals surface area contributed by atoms with Crippen molar-refractivity contribution in [2.75, 3.05) is 50.5 Å². The standard InChI is InChI=1S/C29H30F3N6O5S3/c1-38(2,3)29-35-27(19-5-4-6-21(26(19)32)36-46(42,43)23-17-18(30)7-8-20(23)31)28(44-29)22-11-12-33-24(34-22)9-10-25(39)37-13-15-45(40,41)16-14-37/h4-8,11-12,17,36H,9-10,13-16H2,1-3H3/q+1. The van der Waals surface area contributed by atoms with E-state index in [1.807, 2.05) is 25.9 Å². The molecule has 2 aromatic heterocycles. The summed E-state index contributed by atoms with van der Waals surface area (Å²) in [5, 5.41) is 0.576. The highest BCUT2D eigenvalue weighted by molar-refractivity contribution is 7.92. The van der Waals surface area contributed by atoms with Crippen molar-refractivity contribution in [1.29, 1.82) is 0 Å². The van der Waals surface area contributed by atoms with Gasteiger partial charge in [-0.3, -0.25) is 14.0 Å². The summed E-state index contributed by atoms with van der Waals surface area (Å²) in [7, 11) is -2.25. The maximum absolute atomic E-state index is 16.1. The van der Waals surface area contributed by atoms with Gasteiger partial charge in [-0.2, -0.15) is 4.98 Å². The first-order valence-corrected chi connectivity index (χ1v) is 18.1. The lowest BCUT2D eigenvalue weighted by atomic mass is 10.1. The van der Waals surface area contributed by atoms with E-state index >= 15 is 4.39 Å². The molecular formula is C29H30F3N6O5S3+. The highest BCUT2D eigenvalue weighted by Gasteiger charge is 2.29. The van der Waals surface area contributed by atoms with Crippen molar-refractivity contribution in [3.63, 3.8) is 0 Å². The summed E-state index contributed by atoms with van der Waals surface area (Å²) in [4.78, 5) is 27.3. The van der Waals surface area contributed by atoms with Crippen molar-refractivity contribution >= 4 is 47.9 Å². The fourth-order valence-corrected chi connectivity index (χ4v) is 8.03. The van der Waals surface area contributed by atoms with Gasteiger partial charge in [0.15, 0.2) is 15.7 Å². The van der Waals surface area contributed by atoms with Crippen molar-refractivity contribution in [2.45, 2.75) is 17.7 Å². The van der Waals surface area contributed by atoms with E-state index in [1.54, 1.807) is 6.07 Å². The number of hydrogen-bond donors (Lipinski definition) is 1. The zero-order chi connectivity index (χ0) is 33.4. The monoisotopic (exact) mass is 695 g/mol. The van der Waals surface area contributed by atoms with Crippen LogP contribution in [0, 0.1) is 17.5 Å². The van der Waals surface area contributed by atoms with Crippen LogP contribution in [0.5, 0.6) is 0 Å². The number of carbonyl (C=O) groups excluding carboxylic acids is 1. The number of benzene rings is 2. The van der Waals surface area contributed by atoms with E-state index in [1.165, 1.54) is 34.6 Å². The van der Waals surface area contributed by atoms with Gasteiger partial charge in [0.2, 0.25) is 5.91 Å². The van der Waals surface area contributed by atoms with Crippen LogP contribution >= 0.6 is 11.3 Å². The molecule has 11 nitrogen and oxygen atoms in total. The number of anilines is 1. The van der Waals surface area contributed by atoms with Gasteiger partial charge in [0.1, 0.15) is 28.0 Å². The zero-order valence-electron chi connectivity index (χ0n) is 25.0. The summed E-state index contributed by atoms with van der Waals surface area (Å²) < 4.78 is 95.5. The average molecular weight is 696 g/mol. The number of sulfone groups is 1. The van der Waals surface area contributed by atoms with Gasteiger partial charge in [-0.1, -0.05) is 17.4 Å². The molecule has 0 saturated carbocycles. The summed E-state index contributed by atoms with van der Waals surface area (Å²) in [6.07, 6.45) is 1.74. The highest BCUT2D eigenvalue weighted by atomic mass is 32.2. The molecule has 1 aliphatic heterocycles. The Kier molecular flexibility index (Phi) is 9.23. The predicted molar refractivity (Wildman–Crippen MR) is 169 cm³/mol. The number of rotatable bonds is 9. The normalized spacial score (nSPS) is 15.1. The van der Waals surface area contributed by atoms with Crippen LogP contribution in [0.15, 0.2) is 53.6 Å². The maximum Gasteiger partial charge on any atom is 0.286 e. The Bertz CT molecular complexity index is 2020. The fraction of sp³-hybridized carbons (Fsp3) is 0.310. The third kappa shape index (κ3) is 7.37. The van der Waals surface area contributed by atoms with Gasteiger partial charge < -0.3 is 4.90 Å². The number of amides is 1. The van der Waals surface area contributed by atoms with Gasteiger partial charge in [0.25, 0.3) is 15.2 Å². The van der Waals surface area contributed by atoms with Gasteiger partial charge in [-0.25, -0.2) is 40.0 Å². The number of halogens is 3. The zero-order valence-corrected chi connectivity index (χ0v) is 27.4. The first kappa shape index (κ1) is 33.4. The molecule has 0 unspecified atom stereocenters. The Balaban J connectivity index is 1.46. The van der Waals surface area contributed by atoms with Crippen LogP contribution in [0.25, 0.3) is 21.8 Å². The Hall–Kier alpha value is -3.93. The Morgan fingerprint density at radius 1 is 1.04 bits per heavy atom. The van der Waals surface area contributed by atoms with Gasteiger partial charge in [0, 0.05) is 37.7 Å². The Morgan fingerprint density at radius 2 is 1.76 bits per heavy atom. The second-order valence-corrected chi connectivity index (χ2v) is 16.4. The van der Waals surface area contributed by atoms with Gasteiger partial charge in [-0.15, -0.1) is 0 Å². The van der Waals surface area contributed by atoms with Gasteiger partial charge >= 0.3 is 0 Å². The van der Waals surface area contributed by atoms with E-state index in [0.29, 0.717) is 33.7 Å². The summed E-state index contributed by atoms with van der Waals surface area (Å²) in [5.41, 5.74) is -0.0136. The van der Waals surface area contributed by atoms with Gasteiger partial charge in [-0.05, 0) is 36.4 Å². The summed E-state index contributed by atoms with van der Waals surface area (Å²) in [5.74, 6) is -3.21. The molecule has 1 N–H and O–H groups in total. The van der Waals surface area contributed by atoms with Crippen LogP contribution in [0.3, 0.4) is 0 Å². The van der Waals surface area contributed by atoms with E-state index in [4.69, 9.17) is 0 Å². The first-order valence-electron chi connectivity index (χ1n) is 13.9. The van der Waals surface area contributed by atoms with E-state index < -0.39 is 47.9 Å². The quantitative estimate of drug-likeness (QED) is 0.261. The minimum Gasteiger partial charge on any atom is -0.341 e. The lowest BCUT2D eigenvalue weighted by molar-refractivity contribution is -0.130. The van der Waals surface area contributed by atoms with E-state index in [0.717, 1.165) is 12.1 Å². The van der Waals surface area contributed by atoms with Crippen molar-refractivity contribution in [1.82, 2.24) is 24.3 Å². The Morgan fingerprint density at radius 3 is 2.46 bits per heavy atom. The average Bonchev–Trinajstić information content (AvgIpc) is 3.44. The number of nitrogens with zero attached hydrogens (tertiary/aromatic N) is 5.